The summed E-state index contributed by atoms with van der Waals surface area (Å²) in [6.45, 7) is 3.50. The highest BCUT2D eigenvalue weighted by Crippen LogP contribution is 2.13. The number of benzene rings is 1. The van der Waals surface area contributed by atoms with Crippen LogP contribution in [0, 0.1) is 0 Å². The van der Waals surface area contributed by atoms with Crippen molar-refractivity contribution in [2.45, 2.75) is 25.3 Å². The minimum atomic E-state index is 0.760. The fraction of sp³-hybridized carbons (Fsp3) is 0.571. The lowest BCUT2D eigenvalue weighted by molar-refractivity contribution is 0.301. The molecule has 0 aliphatic carbocycles. The Balaban J connectivity index is 1.62. The van der Waals surface area contributed by atoms with Crippen molar-refractivity contribution in [3.05, 3.63) is 35.9 Å². The zero-order valence-electron chi connectivity index (χ0n) is 10.2. The molecule has 0 spiro atoms. The molecule has 1 aromatic carbocycles. The second-order valence-electron chi connectivity index (χ2n) is 4.72. The van der Waals surface area contributed by atoms with E-state index in [9.17, 15) is 0 Å². The Morgan fingerprint density at radius 3 is 2.81 bits per heavy atom. The molecule has 1 heterocycles. The van der Waals surface area contributed by atoms with Crippen LogP contribution in [0.15, 0.2) is 30.3 Å². The molecule has 1 aromatic rings. The van der Waals surface area contributed by atoms with Gasteiger partial charge in [0.25, 0.3) is 0 Å². The van der Waals surface area contributed by atoms with Crippen molar-refractivity contribution in [2.24, 2.45) is 0 Å². The van der Waals surface area contributed by atoms with Crippen LogP contribution in [0.3, 0.4) is 0 Å². The summed E-state index contributed by atoms with van der Waals surface area (Å²) in [6, 6.07) is 11.5. The fourth-order valence-corrected chi connectivity index (χ4v) is 2.38. The van der Waals surface area contributed by atoms with E-state index >= 15 is 0 Å². The van der Waals surface area contributed by atoms with Gasteiger partial charge in [-0.3, -0.25) is 0 Å². The average molecular weight is 218 g/mol. The number of nitrogens with one attached hydrogen (secondary N) is 1. The second kappa shape index (κ2) is 6.02. The number of likely N-dealkylation sites (N-methyl/N-ethyl adjacent to an activating group) is 1. The van der Waals surface area contributed by atoms with Crippen molar-refractivity contribution in [1.82, 2.24) is 10.2 Å². The molecule has 0 aromatic heterocycles. The third-order valence-corrected chi connectivity index (χ3v) is 3.48. The first-order chi connectivity index (χ1) is 7.86. The van der Waals surface area contributed by atoms with Crippen LogP contribution in [0.25, 0.3) is 0 Å². The van der Waals surface area contributed by atoms with Crippen molar-refractivity contribution in [1.29, 1.82) is 0 Å². The summed E-state index contributed by atoms with van der Waals surface area (Å²) in [6.07, 6.45) is 3.85. The summed E-state index contributed by atoms with van der Waals surface area (Å²) in [5.74, 6) is 0. The molecule has 0 saturated carbocycles. The highest BCUT2D eigenvalue weighted by Gasteiger charge is 2.19. The van der Waals surface area contributed by atoms with Gasteiger partial charge in [0, 0.05) is 12.6 Å². The Bertz CT molecular complexity index is 297. The van der Waals surface area contributed by atoms with Gasteiger partial charge in [-0.25, -0.2) is 0 Å². The standard InChI is InChI=1S/C14H22N2/c1-16-11-5-8-14(16)12-15-10-9-13-6-3-2-4-7-13/h2-4,6-7,14-15H,5,8-12H2,1H3/t14-/m0/s1. The van der Waals surface area contributed by atoms with Gasteiger partial charge >= 0.3 is 0 Å². The maximum absolute atomic E-state index is 3.56. The lowest BCUT2D eigenvalue weighted by Crippen LogP contribution is -2.36. The zero-order chi connectivity index (χ0) is 11.2. The highest BCUT2D eigenvalue weighted by atomic mass is 15.2. The van der Waals surface area contributed by atoms with Gasteiger partial charge in [-0.2, -0.15) is 0 Å². The smallest absolute Gasteiger partial charge is 0.0218 e. The molecule has 1 atom stereocenters. The summed E-state index contributed by atoms with van der Waals surface area (Å²) in [4.78, 5) is 2.47. The number of nitrogens with zero attached hydrogens (tertiary/aromatic N) is 1. The van der Waals surface area contributed by atoms with E-state index < -0.39 is 0 Å². The maximum Gasteiger partial charge on any atom is 0.0218 e. The average Bonchev–Trinajstić information content (AvgIpc) is 2.72. The largest absolute Gasteiger partial charge is 0.315 e. The molecule has 0 bridgehead atoms. The first-order valence-electron chi connectivity index (χ1n) is 6.31. The monoisotopic (exact) mass is 218 g/mol. The summed E-state index contributed by atoms with van der Waals surface area (Å²) < 4.78 is 0. The van der Waals surface area contributed by atoms with Crippen molar-refractivity contribution >= 4 is 0 Å². The predicted molar refractivity (Wildman–Crippen MR) is 68.7 cm³/mol. The quantitative estimate of drug-likeness (QED) is 0.760. The molecular formula is C14H22N2. The molecule has 1 aliphatic heterocycles. The van der Waals surface area contributed by atoms with E-state index in [0.717, 1.165) is 25.6 Å². The lowest BCUT2D eigenvalue weighted by Gasteiger charge is -2.19. The second-order valence-corrected chi connectivity index (χ2v) is 4.72. The lowest BCUT2D eigenvalue weighted by atomic mass is 10.1. The molecule has 1 saturated heterocycles. The van der Waals surface area contributed by atoms with E-state index in [4.69, 9.17) is 0 Å². The highest BCUT2D eigenvalue weighted by molar-refractivity contribution is 5.14. The van der Waals surface area contributed by atoms with Crippen molar-refractivity contribution < 1.29 is 0 Å². The van der Waals surface area contributed by atoms with Gasteiger partial charge in [0.1, 0.15) is 0 Å². The van der Waals surface area contributed by atoms with Crippen LogP contribution in [0.5, 0.6) is 0 Å². The Morgan fingerprint density at radius 1 is 1.31 bits per heavy atom. The Hall–Kier alpha value is -0.860. The molecule has 0 amide bonds. The topological polar surface area (TPSA) is 15.3 Å². The molecule has 2 rings (SSSR count). The molecule has 0 unspecified atom stereocenters. The van der Waals surface area contributed by atoms with Gasteiger partial charge in [0.05, 0.1) is 0 Å². The van der Waals surface area contributed by atoms with Crippen LogP contribution in [0.4, 0.5) is 0 Å². The first kappa shape index (κ1) is 11.6. The molecule has 1 fully saturated rings. The van der Waals surface area contributed by atoms with E-state index in [0.29, 0.717) is 0 Å². The normalized spacial score (nSPS) is 21.4. The zero-order valence-corrected chi connectivity index (χ0v) is 10.2. The minimum Gasteiger partial charge on any atom is -0.315 e. The van der Waals surface area contributed by atoms with Crippen LogP contribution < -0.4 is 5.32 Å². The van der Waals surface area contributed by atoms with Crippen molar-refractivity contribution in [2.75, 3.05) is 26.7 Å². The molecule has 0 radical (unpaired) electrons. The van der Waals surface area contributed by atoms with Gasteiger partial charge < -0.3 is 10.2 Å². The Labute approximate surface area is 98.7 Å². The van der Waals surface area contributed by atoms with Gasteiger partial charge in [0.15, 0.2) is 0 Å². The predicted octanol–water partition coefficient (Wildman–Crippen LogP) is 1.91. The number of hydrogen-bond acceptors (Lipinski definition) is 2. The van der Waals surface area contributed by atoms with Crippen molar-refractivity contribution in [3.63, 3.8) is 0 Å². The van der Waals surface area contributed by atoms with Crippen LogP contribution in [-0.2, 0) is 6.42 Å². The first-order valence-corrected chi connectivity index (χ1v) is 6.31. The van der Waals surface area contributed by atoms with Crippen LogP contribution in [0.2, 0.25) is 0 Å². The van der Waals surface area contributed by atoms with Gasteiger partial charge in [-0.15, -0.1) is 0 Å². The molecule has 2 heteroatoms. The molecule has 88 valence electrons. The van der Waals surface area contributed by atoms with E-state index in [1.165, 1.54) is 24.9 Å². The molecule has 1 N–H and O–H groups in total. The van der Waals surface area contributed by atoms with Gasteiger partial charge in [-0.05, 0) is 45.0 Å². The number of likely N-dealkylation sites (tertiary alicyclic amines) is 1. The number of rotatable bonds is 5. The van der Waals surface area contributed by atoms with E-state index in [1.54, 1.807) is 0 Å². The fourth-order valence-electron chi connectivity index (χ4n) is 2.38. The summed E-state index contributed by atoms with van der Waals surface area (Å²) in [5, 5.41) is 3.56. The van der Waals surface area contributed by atoms with E-state index in [2.05, 4.69) is 47.6 Å². The van der Waals surface area contributed by atoms with Gasteiger partial charge in [-0.1, -0.05) is 30.3 Å². The SMILES string of the molecule is CN1CCC[C@H]1CNCCc1ccccc1. The van der Waals surface area contributed by atoms with Crippen LogP contribution in [0.1, 0.15) is 18.4 Å². The van der Waals surface area contributed by atoms with Crippen LogP contribution >= 0.6 is 0 Å². The summed E-state index contributed by atoms with van der Waals surface area (Å²) in [5.41, 5.74) is 1.43. The molecular weight excluding hydrogens is 196 g/mol. The van der Waals surface area contributed by atoms with E-state index in [1.807, 2.05) is 0 Å². The molecule has 1 aliphatic rings. The summed E-state index contributed by atoms with van der Waals surface area (Å²) in [7, 11) is 2.23. The maximum atomic E-state index is 3.56. The Kier molecular flexibility index (Phi) is 4.37. The van der Waals surface area contributed by atoms with Gasteiger partial charge in [0.2, 0.25) is 0 Å². The molecule has 2 nitrogen and oxygen atoms in total. The Morgan fingerprint density at radius 2 is 2.12 bits per heavy atom. The number of hydrogen-bond donors (Lipinski definition) is 1. The summed E-state index contributed by atoms with van der Waals surface area (Å²) >= 11 is 0. The third kappa shape index (κ3) is 3.32. The van der Waals surface area contributed by atoms with E-state index in [-0.39, 0.29) is 0 Å². The van der Waals surface area contributed by atoms with Crippen molar-refractivity contribution in [3.8, 4) is 0 Å². The minimum absolute atomic E-state index is 0.760. The molecule has 16 heavy (non-hydrogen) atoms. The van der Waals surface area contributed by atoms with Crippen LogP contribution in [-0.4, -0.2) is 37.6 Å². The third-order valence-electron chi connectivity index (χ3n) is 3.48.